The summed E-state index contributed by atoms with van der Waals surface area (Å²) in [6.45, 7) is 1.76. The first-order valence-electron chi connectivity index (χ1n) is 8.44. The van der Waals surface area contributed by atoms with Crippen LogP contribution in [0.4, 0.5) is 5.69 Å². The smallest absolute Gasteiger partial charge is 0.269 e. The molecule has 0 aliphatic rings. The molecular weight excluding hydrogens is 348 g/mol. The van der Waals surface area contributed by atoms with E-state index in [9.17, 15) is 14.9 Å². The third kappa shape index (κ3) is 4.75. The molecule has 0 fully saturated rings. The molecule has 1 aromatic heterocycles. The number of nitrogens with one attached hydrogen (secondary N) is 1. The molecule has 3 rings (SSSR count). The molecule has 8 nitrogen and oxygen atoms in total. The maximum Gasteiger partial charge on any atom is 0.269 e. The van der Waals surface area contributed by atoms with Crippen LogP contribution >= 0.6 is 0 Å². The second-order valence-electron chi connectivity index (χ2n) is 6.04. The molecule has 0 unspecified atom stereocenters. The van der Waals surface area contributed by atoms with Gasteiger partial charge in [0.25, 0.3) is 5.69 Å². The first kappa shape index (κ1) is 18.2. The van der Waals surface area contributed by atoms with Gasteiger partial charge in [-0.15, -0.1) is 0 Å². The molecule has 0 aliphatic carbocycles. The zero-order valence-corrected chi connectivity index (χ0v) is 14.7. The second-order valence-corrected chi connectivity index (χ2v) is 6.04. The highest BCUT2D eigenvalue weighted by Gasteiger charge is 2.18. The summed E-state index contributed by atoms with van der Waals surface area (Å²) in [6.07, 6.45) is 1.01. The van der Waals surface area contributed by atoms with Crippen molar-refractivity contribution in [1.29, 1.82) is 0 Å². The quantitative estimate of drug-likeness (QED) is 0.506. The highest BCUT2D eigenvalue weighted by Crippen LogP contribution is 2.21. The van der Waals surface area contributed by atoms with Crippen LogP contribution in [0, 0.1) is 10.1 Å². The van der Waals surface area contributed by atoms with Crippen LogP contribution in [0.5, 0.6) is 0 Å². The minimum absolute atomic E-state index is 0.0125. The van der Waals surface area contributed by atoms with Crippen molar-refractivity contribution in [2.45, 2.75) is 25.8 Å². The van der Waals surface area contributed by atoms with E-state index in [4.69, 9.17) is 4.52 Å². The molecule has 27 heavy (non-hydrogen) atoms. The molecule has 1 N–H and O–H groups in total. The Morgan fingerprint density at radius 2 is 1.89 bits per heavy atom. The minimum Gasteiger partial charge on any atom is -0.345 e. The fourth-order valence-corrected chi connectivity index (χ4v) is 2.54. The maximum atomic E-state index is 12.1. The van der Waals surface area contributed by atoms with Crippen molar-refractivity contribution in [1.82, 2.24) is 15.5 Å². The molecule has 8 heteroatoms. The van der Waals surface area contributed by atoms with E-state index in [-0.39, 0.29) is 17.5 Å². The van der Waals surface area contributed by atoms with Crippen molar-refractivity contribution in [2.75, 3.05) is 0 Å². The van der Waals surface area contributed by atoms with Crippen LogP contribution in [0.3, 0.4) is 0 Å². The molecule has 0 saturated carbocycles. The first-order chi connectivity index (χ1) is 13.0. The molecule has 1 heterocycles. The number of non-ortho nitro benzene ring substituents is 1. The summed E-state index contributed by atoms with van der Waals surface area (Å²) in [5, 5.41) is 17.4. The van der Waals surface area contributed by atoms with Crippen molar-refractivity contribution in [3.63, 3.8) is 0 Å². The number of benzene rings is 2. The Morgan fingerprint density at radius 3 is 2.56 bits per heavy atom. The van der Waals surface area contributed by atoms with E-state index in [1.807, 2.05) is 30.3 Å². The SMILES string of the molecule is C[C@@H](NC(=O)CCc1ccccc1)c1nc(-c2ccc([N+](=O)[O-])cc2)no1. The van der Waals surface area contributed by atoms with E-state index >= 15 is 0 Å². The van der Waals surface area contributed by atoms with Gasteiger partial charge in [0.15, 0.2) is 0 Å². The number of carbonyl (C=O) groups excluding carboxylic acids is 1. The van der Waals surface area contributed by atoms with Gasteiger partial charge in [-0.3, -0.25) is 14.9 Å². The minimum atomic E-state index is -0.474. The van der Waals surface area contributed by atoms with Crippen LogP contribution in [0.25, 0.3) is 11.4 Å². The average molecular weight is 366 g/mol. The molecular formula is C19H18N4O4. The third-order valence-electron chi connectivity index (χ3n) is 4.01. The number of nitro benzene ring substituents is 1. The lowest BCUT2D eigenvalue weighted by Crippen LogP contribution is -2.27. The van der Waals surface area contributed by atoms with Gasteiger partial charge < -0.3 is 9.84 Å². The molecule has 1 amide bonds. The zero-order chi connectivity index (χ0) is 19.2. The normalized spacial score (nSPS) is 11.7. The van der Waals surface area contributed by atoms with Gasteiger partial charge in [0.2, 0.25) is 17.6 Å². The van der Waals surface area contributed by atoms with Crippen molar-refractivity contribution < 1.29 is 14.2 Å². The van der Waals surface area contributed by atoms with Gasteiger partial charge in [0.05, 0.1) is 4.92 Å². The Bertz CT molecular complexity index is 922. The summed E-state index contributed by atoms with van der Waals surface area (Å²) in [5.74, 6) is 0.475. The Labute approximate surface area is 155 Å². The Morgan fingerprint density at radius 1 is 1.19 bits per heavy atom. The molecule has 0 spiro atoms. The summed E-state index contributed by atoms with van der Waals surface area (Å²) < 4.78 is 5.21. The largest absolute Gasteiger partial charge is 0.345 e. The van der Waals surface area contributed by atoms with Crippen LogP contribution in [-0.2, 0) is 11.2 Å². The van der Waals surface area contributed by atoms with Crippen LogP contribution in [-0.4, -0.2) is 21.0 Å². The molecule has 0 saturated heterocycles. The Hall–Kier alpha value is -3.55. The number of nitrogens with zero attached hydrogens (tertiary/aromatic N) is 3. The summed E-state index contributed by atoms with van der Waals surface area (Å²) in [4.78, 5) is 26.6. The highest BCUT2D eigenvalue weighted by molar-refractivity contribution is 5.76. The van der Waals surface area contributed by atoms with E-state index in [1.54, 1.807) is 19.1 Å². The number of rotatable bonds is 7. The number of amides is 1. The summed E-state index contributed by atoms with van der Waals surface area (Å²) >= 11 is 0. The lowest BCUT2D eigenvalue weighted by Gasteiger charge is -2.09. The van der Waals surface area contributed by atoms with Crippen molar-refractivity contribution in [3.8, 4) is 11.4 Å². The lowest BCUT2D eigenvalue weighted by atomic mass is 10.1. The van der Waals surface area contributed by atoms with Crippen LogP contribution < -0.4 is 5.32 Å². The number of hydrogen-bond donors (Lipinski definition) is 1. The number of aryl methyl sites for hydroxylation is 1. The number of hydrogen-bond acceptors (Lipinski definition) is 6. The van der Waals surface area contributed by atoms with Crippen molar-refractivity contribution in [2.24, 2.45) is 0 Å². The molecule has 3 aromatic rings. The Balaban J connectivity index is 1.58. The number of nitro groups is 1. The Kier molecular flexibility index (Phi) is 5.55. The summed E-state index contributed by atoms with van der Waals surface area (Å²) in [5.41, 5.74) is 1.68. The second kappa shape index (κ2) is 8.22. The topological polar surface area (TPSA) is 111 Å². The van der Waals surface area contributed by atoms with E-state index in [0.29, 0.717) is 24.2 Å². The number of aromatic nitrogens is 2. The van der Waals surface area contributed by atoms with Gasteiger partial charge in [-0.05, 0) is 31.0 Å². The number of carbonyl (C=O) groups is 1. The van der Waals surface area contributed by atoms with Gasteiger partial charge in [0.1, 0.15) is 6.04 Å². The zero-order valence-electron chi connectivity index (χ0n) is 14.7. The van der Waals surface area contributed by atoms with Crippen molar-refractivity contribution in [3.05, 3.63) is 76.2 Å². The average Bonchev–Trinajstić information content (AvgIpc) is 3.18. The standard InChI is InChI=1S/C19H18N4O4/c1-13(20-17(24)12-7-14-5-3-2-4-6-14)19-21-18(22-27-19)15-8-10-16(11-9-15)23(25)26/h2-6,8-11,13H,7,12H2,1H3,(H,20,24)/t13-/m1/s1. The molecule has 1 atom stereocenters. The molecule has 0 radical (unpaired) electrons. The van der Waals surface area contributed by atoms with E-state index in [0.717, 1.165) is 5.56 Å². The molecule has 2 aromatic carbocycles. The molecule has 138 valence electrons. The van der Waals surface area contributed by atoms with Gasteiger partial charge in [0, 0.05) is 24.1 Å². The van der Waals surface area contributed by atoms with Gasteiger partial charge in [-0.1, -0.05) is 35.5 Å². The first-order valence-corrected chi connectivity index (χ1v) is 8.44. The van der Waals surface area contributed by atoms with Crippen molar-refractivity contribution >= 4 is 11.6 Å². The lowest BCUT2D eigenvalue weighted by molar-refractivity contribution is -0.384. The predicted molar refractivity (Wildman–Crippen MR) is 97.7 cm³/mol. The maximum absolute atomic E-state index is 12.1. The summed E-state index contributed by atoms with van der Waals surface area (Å²) in [6, 6.07) is 15.2. The fraction of sp³-hybridized carbons (Fsp3) is 0.211. The van der Waals surface area contributed by atoms with Gasteiger partial charge in [-0.25, -0.2) is 0 Å². The van der Waals surface area contributed by atoms with Crippen LogP contribution in [0.1, 0.15) is 30.8 Å². The van der Waals surface area contributed by atoms with E-state index in [2.05, 4.69) is 15.5 Å². The summed E-state index contributed by atoms with van der Waals surface area (Å²) in [7, 11) is 0. The molecule has 0 aliphatic heterocycles. The van der Waals surface area contributed by atoms with Gasteiger partial charge in [-0.2, -0.15) is 4.98 Å². The van der Waals surface area contributed by atoms with E-state index < -0.39 is 11.0 Å². The van der Waals surface area contributed by atoms with Crippen LogP contribution in [0.15, 0.2) is 59.1 Å². The molecule has 0 bridgehead atoms. The van der Waals surface area contributed by atoms with E-state index in [1.165, 1.54) is 12.1 Å². The highest BCUT2D eigenvalue weighted by atomic mass is 16.6. The monoisotopic (exact) mass is 366 g/mol. The third-order valence-corrected chi connectivity index (χ3v) is 4.01. The van der Waals surface area contributed by atoms with Gasteiger partial charge >= 0.3 is 0 Å². The predicted octanol–water partition coefficient (Wildman–Crippen LogP) is 3.45. The fourth-order valence-electron chi connectivity index (χ4n) is 2.54. The van der Waals surface area contributed by atoms with Crippen LogP contribution in [0.2, 0.25) is 0 Å².